The Morgan fingerprint density at radius 3 is 2.34 bits per heavy atom. The molecule has 2 aromatic rings. The highest BCUT2D eigenvalue weighted by Crippen LogP contribution is 2.41. The van der Waals surface area contributed by atoms with E-state index in [9.17, 15) is 9.59 Å². The lowest BCUT2D eigenvalue weighted by molar-refractivity contribution is -0.124. The number of hydrogen-bond acceptors (Lipinski definition) is 2. The minimum absolute atomic E-state index is 0.00920. The summed E-state index contributed by atoms with van der Waals surface area (Å²) in [5.74, 6) is -0.155. The second-order valence-electron chi connectivity index (χ2n) is 8.95. The van der Waals surface area contributed by atoms with Crippen molar-refractivity contribution in [3.05, 3.63) is 64.7 Å². The highest BCUT2D eigenvalue weighted by atomic mass is 79.9. The molecule has 2 aromatic carbocycles. The van der Waals surface area contributed by atoms with Crippen molar-refractivity contribution in [2.24, 2.45) is 0 Å². The fourth-order valence-corrected chi connectivity index (χ4v) is 4.40. The molecule has 4 nitrogen and oxygen atoms in total. The van der Waals surface area contributed by atoms with Gasteiger partial charge < -0.3 is 10.2 Å². The van der Waals surface area contributed by atoms with Crippen molar-refractivity contribution in [3.63, 3.8) is 0 Å². The van der Waals surface area contributed by atoms with Gasteiger partial charge in [-0.15, -0.1) is 0 Å². The average Bonchev–Trinajstić information content (AvgIpc) is 2.71. The molecule has 1 aliphatic rings. The number of nitrogens with zero attached hydrogens (tertiary/aromatic N) is 1. The van der Waals surface area contributed by atoms with E-state index in [0.717, 1.165) is 16.8 Å². The Morgan fingerprint density at radius 1 is 1.10 bits per heavy atom. The molecule has 0 aromatic heterocycles. The van der Waals surface area contributed by atoms with Crippen molar-refractivity contribution in [2.75, 3.05) is 11.4 Å². The molecule has 1 heterocycles. The number of carbonyl (C=O) groups excluding carboxylic acids is 2. The summed E-state index contributed by atoms with van der Waals surface area (Å²) in [6.07, 6.45) is 0.648. The highest BCUT2D eigenvalue weighted by Gasteiger charge is 2.35. The zero-order valence-corrected chi connectivity index (χ0v) is 19.3. The maximum atomic E-state index is 13.3. The number of hydrogen-bond donors (Lipinski definition) is 1. The van der Waals surface area contributed by atoms with Crippen molar-refractivity contribution < 1.29 is 9.59 Å². The van der Waals surface area contributed by atoms with E-state index in [1.807, 2.05) is 33.8 Å². The van der Waals surface area contributed by atoms with E-state index in [1.54, 1.807) is 4.90 Å². The van der Waals surface area contributed by atoms with Crippen LogP contribution < -0.4 is 10.2 Å². The molecule has 0 saturated carbocycles. The molecule has 3 rings (SSSR count). The summed E-state index contributed by atoms with van der Waals surface area (Å²) in [5, 5.41) is 2.97. The average molecular weight is 457 g/mol. The van der Waals surface area contributed by atoms with Crippen molar-refractivity contribution >= 4 is 33.4 Å². The highest BCUT2D eigenvalue weighted by molar-refractivity contribution is 9.10. The summed E-state index contributed by atoms with van der Waals surface area (Å²) in [5.41, 5.74) is 5.01. The third kappa shape index (κ3) is 5.08. The minimum Gasteiger partial charge on any atom is -0.350 e. The van der Waals surface area contributed by atoms with Crippen LogP contribution in [-0.4, -0.2) is 28.7 Å². The monoisotopic (exact) mass is 456 g/mol. The van der Waals surface area contributed by atoms with Crippen LogP contribution in [0.3, 0.4) is 0 Å². The maximum absolute atomic E-state index is 13.3. The van der Waals surface area contributed by atoms with E-state index >= 15 is 0 Å². The second kappa shape index (κ2) is 8.31. The van der Waals surface area contributed by atoms with E-state index in [1.165, 1.54) is 11.1 Å². The zero-order valence-electron chi connectivity index (χ0n) is 17.8. The van der Waals surface area contributed by atoms with Gasteiger partial charge in [0.2, 0.25) is 11.8 Å². The molecule has 0 aliphatic carbocycles. The third-order valence-electron chi connectivity index (χ3n) is 5.12. The van der Waals surface area contributed by atoms with E-state index < -0.39 is 0 Å². The largest absolute Gasteiger partial charge is 0.350 e. The maximum Gasteiger partial charge on any atom is 0.241 e. The Labute approximate surface area is 181 Å². The van der Waals surface area contributed by atoms with Crippen LogP contribution in [0.4, 0.5) is 5.69 Å². The van der Waals surface area contributed by atoms with Crippen molar-refractivity contribution in [3.8, 4) is 0 Å². The van der Waals surface area contributed by atoms with Crippen molar-refractivity contribution in [1.82, 2.24) is 5.32 Å². The summed E-state index contributed by atoms with van der Waals surface area (Å²) >= 11 is 3.60. The molecule has 0 radical (unpaired) electrons. The topological polar surface area (TPSA) is 49.4 Å². The molecular weight excluding hydrogens is 428 g/mol. The number of aryl methyl sites for hydroxylation is 2. The van der Waals surface area contributed by atoms with Gasteiger partial charge in [0.1, 0.15) is 6.54 Å². The lowest BCUT2D eigenvalue weighted by atomic mass is 9.86. The van der Waals surface area contributed by atoms with Gasteiger partial charge in [-0.3, -0.25) is 9.59 Å². The molecule has 0 spiro atoms. The lowest BCUT2D eigenvalue weighted by Gasteiger charge is -2.27. The van der Waals surface area contributed by atoms with E-state index in [0.29, 0.717) is 6.42 Å². The molecule has 2 amide bonds. The van der Waals surface area contributed by atoms with Gasteiger partial charge in [0.25, 0.3) is 0 Å². The fourth-order valence-electron chi connectivity index (χ4n) is 3.78. The zero-order chi connectivity index (χ0) is 21.3. The predicted molar refractivity (Wildman–Crippen MR) is 122 cm³/mol. The van der Waals surface area contributed by atoms with Crippen LogP contribution in [0.2, 0.25) is 0 Å². The Bertz CT molecular complexity index is 915. The molecule has 0 saturated heterocycles. The smallest absolute Gasteiger partial charge is 0.241 e. The Morgan fingerprint density at radius 2 is 1.72 bits per heavy atom. The number of amides is 2. The molecule has 1 aliphatic heterocycles. The van der Waals surface area contributed by atoms with E-state index in [4.69, 9.17) is 0 Å². The molecule has 29 heavy (non-hydrogen) atoms. The number of anilines is 1. The molecule has 0 bridgehead atoms. The van der Waals surface area contributed by atoms with E-state index in [2.05, 4.69) is 64.6 Å². The number of fused-ring (bicyclic) bond motifs is 1. The number of benzene rings is 2. The van der Waals surface area contributed by atoms with E-state index in [-0.39, 0.29) is 34.6 Å². The Kier molecular flexibility index (Phi) is 6.18. The number of nitrogens with one attached hydrogen (secondary N) is 1. The first-order valence-corrected chi connectivity index (χ1v) is 10.9. The van der Waals surface area contributed by atoms with Crippen LogP contribution in [0.1, 0.15) is 55.4 Å². The summed E-state index contributed by atoms with van der Waals surface area (Å²) < 4.78 is 0. The lowest BCUT2D eigenvalue weighted by Crippen LogP contribution is -2.48. The summed E-state index contributed by atoms with van der Waals surface area (Å²) in [6.45, 7) is 9.90. The normalized spacial score (nSPS) is 19.5. The molecule has 2 atom stereocenters. The first-order chi connectivity index (χ1) is 13.5. The quantitative estimate of drug-likeness (QED) is 0.670. The van der Waals surface area contributed by atoms with Crippen LogP contribution in [0, 0.1) is 13.8 Å². The molecule has 5 heteroatoms. The van der Waals surface area contributed by atoms with Crippen LogP contribution in [0.25, 0.3) is 0 Å². The van der Waals surface area contributed by atoms with Gasteiger partial charge in [0, 0.05) is 17.1 Å². The predicted octanol–water partition coefficient (Wildman–Crippen LogP) is 4.85. The minimum atomic E-state index is -0.357. The second-order valence-corrected chi connectivity index (χ2v) is 10.1. The molecule has 2 unspecified atom stereocenters. The van der Waals surface area contributed by atoms with Crippen molar-refractivity contribution in [2.45, 2.75) is 57.3 Å². The van der Waals surface area contributed by atoms with Gasteiger partial charge in [0.15, 0.2) is 0 Å². The van der Waals surface area contributed by atoms with Crippen LogP contribution in [-0.2, 0) is 9.59 Å². The van der Waals surface area contributed by atoms with Gasteiger partial charge in [-0.05, 0) is 63.8 Å². The van der Waals surface area contributed by atoms with Gasteiger partial charge in [0.05, 0.1) is 4.83 Å². The van der Waals surface area contributed by atoms with Crippen LogP contribution >= 0.6 is 15.9 Å². The van der Waals surface area contributed by atoms with Gasteiger partial charge >= 0.3 is 0 Å². The molecule has 1 N–H and O–H groups in total. The fraction of sp³-hybridized carbons (Fsp3) is 0.417. The first kappa shape index (κ1) is 21.6. The Hall–Kier alpha value is -2.14. The SMILES string of the molecule is Cc1ccc(C2CC(Br)C(=O)N(CC(=O)NC(C)(C)C)c3cc(C)ccc32)cc1. The van der Waals surface area contributed by atoms with Gasteiger partial charge in [-0.25, -0.2) is 0 Å². The number of alkyl halides is 1. The van der Waals surface area contributed by atoms with Crippen molar-refractivity contribution in [1.29, 1.82) is 0 Å². The number of halogens is 1. The number of carbonyl (C=O) groups is 2. The summed E-state index contributed by atoms with van der Waals surface area (Å²) in [7, 11) is 0. The van der Waals surface area contributed by atoms with Crippen LogP contribution in [0.15, 0.2) is 42.5 Å². The third-order valence-corrected chi connectivity index (χ3v) is 5.89. The Balaban J connectivity index is 2.05. The molecule has 0 fully saturated rings. The van der Waals surface area contributed by atoms with Gasteiger partial charge in [-0.2, -0.15) is 0 Å². The summed E-state index contributed by atoms with van der Waals surface area (Å²) in [6, 6.07) is 14.7. The standard InChI is InChI=1S/C24H29BrN2O2/c1-15-6-9-17(10-7-15)19-13-20(25)23(29)27(14-22(28)26-24(3,4)5)21-12-16(2)8-11-18(19)21/h6-12,19-20H,13-14H2,1-5H3,(H,26,28). The van der Waals surface area contributed by atoms with Gasteiger partial charge in [-0.1, -0.05) is 57.9 Å². The molecule has 154 valence electrons. The first-order valence-electron chi connectivity index (χ1n) is 9.99. The van der Waals surface area contributed by atoms with Crippen LogP contribution in [0.5, 0.6) is 0 Å². The number of rotatable bonds is 3. The molecular formula is C24H29BrN2O2. The summed E-state index contributed by atoms with van der Waals surface area (Å²) in [4.78, 5) is 27.2.